The zero-order chi connectivity index (χ0) is 58.9. The number of alkyl halides is 3. The average Bonchev–Trinajstić information content (AvgIpc) is 4.36. The predicted octanol–water partition coefficient (Wildman–Crippen LogP) is 9.65. The number of nitrogens with one attached hydrogen (secondary N) is 2. The third-order valence-electron chi connectivity index (χ3n) is 11.3. The molecule has 4 saturated heterocycles. The number of thiophene rings is 1. The largest absolute Gasteiger partial charge is 0.497 e. The predicted molar refractivity (Wildman–Crippen MR) is 327 cm³/mol. The van der Waals surface area contributed by atoms with E-state index in [-0.39, 0.29) is 11.6 Å². The number of nitrogens with zero attached hydrogens (tertiary/aromatic N) is 1. The van der Waals surface area contributed by atoms with E-state index in [0.29, 0.717) is 50.4 Å². The summed E-state index contributed by atoms with van der Waals surface area (Å²) < 4.78 is 56.6. The molecule has 80 heavy (non-hydrogen) atoms. The van der Waals surface area contributed by atoms with Gasteiger partial charge in [-0.2, -0.15) is 13.2 Å². The van der Waals surface area contributed by atoms with Crippen molar-refractivity contribution in [2.75, 3.05) is 79.4 Å². The molecule has 445 valence electrons. The highest BCUT2D eigenvalue weighted by atomic mass is 35.5. The number of benzene rings is 4. The van der Waals surface area contributed by atoms with Gasteiger partial charge in [0.1, 0.15) is 5.75 Å². The Hall–Kier alpha value is -4.58. The Labute approximate surface area is 488 Å². The zero-order valence-corrected chi connectivity index (χ0v) is 48.9. The second-order valence-corrected chi connectivity index (χ2v) is 19.6. The molecule has 4 aliphatic heterocycles. The van der Waals surface area contributed by atoms with E-state index in [9.17, 15) is 13.2 Å². The van der Waals surface area contributed by atoms with Crippen molar-refractivity contribution in [1.29, 1.82) is 0 Å². The molecule has 1 radical (unpaired) electrons. The van der Waals surface area contributed by atoms with Crippen LogP contribution in [0.2, 0.25) is 10.0 Å². The Morgan fingerprint density at radius 1 is 0.650 bits per heavy atom. The van der Waals surface area contributed by atoms with E-state index in [0.717, 1.165) is 106 Å². The number of methoxy groups -OCH3 is 1. The minimum atomic E-state index is -4.34. The van der Waals surface area contributed by atoms with Gasteiger partial charge in [0.15, 0.2) is 0 Å². The molecule has 4 aliphatic rings. The highest BCUT2D eigenvalue weighted by molar-refractivity contribution is 7.09. The summed E-state index contributed by atoms with van der Waals surface area (Å²) in [5, 5.41) is 9.43. The molecule has 10 rings (SSSR count). The molecule has 0 saturated carbocycles. The van der Waals surface area contributed by atoms with Crippen LogP contribution in [0.5, 0.6) is 5.75 Å². The number of morpholine rings is 1. The van der Waals surface area contributed by atoms with Crippen LogP contribution in [-0.2, 0) is 53.0 Å². The molecule has 20 heteroatoms. The highest BCUT2D eigenvalue weighted by Gasteiger charge is 2.30. The molecule has 0 aliphatic carbocycles. The standard InChI is InChI=1S/C8H7ClF3N.C8H9O.C7H8ClN.C7H10N2.C7H9N.2C5H11NO.C5H7NS.C4H9NO.C4H9N/c9-7-2-1-6(8(10,11)12)3-5(7)4-13;1-7-3-5-8(9-2)6-4-7;8-7-3-1-6(5-9)2-4-7;8-4-1-7-2-5-9-6-3-7;8-6-7-4-2-1-3-5-7;6-5-1-3-7-4-2-5;2*6-4-5-2-1-3-7-5;1-3-6-4-2-5-1;1-2-4-5-3-1/h1-3H,4,13H2;3-6H,1H2,2H3;1-4H,5,9H2;2-3,5-6H,1,4,8H2;1-5H,6,8H2;2*5H,1-4,6H2;1-3H,4,6H2;5H,1-4H2;5H,1-4H2. The number of aromatic nitrogens is 1. The first kappa shape index (κ1) is 73.4. The first-order valence-electron chi connectivity index (χ1n) is 26.9. The third-order valence-corrected chi connectivity index (χ3v) is 12.8. The molecule has 6 heterocycles. The van der Waals surface area contributed by atoms with Gasteiger partial charge in [0.25, 0.3) is 0 Å². The first-order chi connectivity index (χ1) is 38.7. The third kappa shape index (κ3) is 39.8. The Morgan fingerprint density at radius 2 is 1.25 bits per heavy atom. The van der Waals surface area contributed by atoms with Gasteiger partial charge in [-0.25, -0.2) is 0 Å². The van der Waals surface area contributed by atoms with Crippen molar-refractivity contribution in [3.05, 3.63) is 194 Å². The Bertz CT molecular complexity index is 2220. The Kier molecular flexibility index (Phi) is 45.0. The molecule has 4 aromatic carbocycles. The monoisotopic (exact) mass is 1170 g/mol. The van der Waals surface area contributed by atoms with Crippen LogP contribution < -0.4 is 55.5 Å². The van der Waals surface area contributed by atoms with Gasteiger partial charge >= 0.3 is 6.18 Å². The molecule has 0 amide bonds. The topological polar surface area (TPSA) is 256 Å². The van der Waals surface area contributed by atoms with Crippen LogP contribution in [0.3, 0.4) is 0 Å². The number of halogens is 5. The van der Waals surface area contributed by atoms with Gasteiger partial charge in [0.05, 0.1) is 32.0 Å². The Balaban J connectivity index is 0.000000448. The number of ether oxygens (including phenoxy) is 4. The van der Waals surface area contributed by atoms with E-state index in [1.807, 2.05) is 109 Å². The van der Waals surface area contributed by atoms with Crippen LogP contribution >= 0.6 is 34.5 Å². The smallest absolute Gasteiger partial charge is 0.416 e. The quantitative estimate of drug-likeness (QED) is 0.0688. The van der Waals surface area contributed by atoms with Crippen LogP contribution in [0.25, 0.3) is 0 Å². The molecular formula is C60H90Cl2F3N10O4S. The van der Waals surface area contributed by atoms with Crippen molar-refractivity contribution in [3.8, 4) is 5.75 Å². The molecule has 16 N–H and O–H groups in total. The second-order valence-electron chi connectivity index (χ2n) is 17.7. The molecule has 14 nitrogen and oxygen atoms in total. The molecule has 0 bridgehead atoms. The molecule has 1 unspecified atom stereocenters. The van der Waals surface area contributed by atoms with Crippen LogP contribution in [-0.4, -0.2) is 96.5 Å². The lowest BCUT2D eigenvalue weighted by atomic mass is 10.1. The van der Waals surface area contributed by atoms with E-state index in [2.05, 4.69) is 22.5 Å². The second kappa shape index (κ2) is 49.1. The summed E-state index contributed by atoms with van der Waals surface area (Å²) in [6, 6.07) is 36.6. The average molecular weight is 1180 g/mol. The molecular weight excluding hydrogens is 1080 g/mol. The van der Waals surface area contributed by atoms with Crippen LogP contribution in [0.4, 0.5) is 13.2 Å². The first-order valence-corrected chi connectivity index (χ1v) is 28.5. The van der Waals surface area contributed by atoms with Gasteiger partial charge in [-0.3, -0.25) is 4.98 Å². The van der Waals surface area contributed by atoms with Gasteiger partial charge < -0.3 is 69.7 Å². The normalized spacial score (nSPS) is 15.1. The highest BCUT2D eigenvalue weighted by Crippen LogP contribution is 2.31. The fraction of sp³-hybridized carbons (Fsp3) is 0.433. The molecule has 4 fully saturated rings. The zero-order valence-electron chi connectivity index (χ0n) is 46.6. The molecule has 2 aromatic heterocycles. The van der Waals surface area contributed by atoms with Gasteiger partial charge in [0, 0.05) is 99.0 Å². The van der Waals surface area contributed by atoms with Crippen molar-refractivity contribution >= 4 is 34.5 Å². The van der Waals surface area contributed by atoms with Crippen molar-refractivity contribution in [1.82, 2.24) is 15.6 Å². The van der Waals surface area contributed by atoms with Crippen molar-refractivity contribution < 1.29 is 32.1 Å². The number of pyridine rings is 1. The minimum absolute atomic E-state index is 0.00273. The molecule has 6 aromatic rings. The maximum atomic E-state index is 12.2. The van der Waals surface area contributed by atoms with E-state index in [1.165, 1.54) is 54.4 Å². The van der Waals surface area contributed by atoms with E-state index >= 15 is 0 Å². The van der Waals surface area contributed by atoms with E-state index in [1.54, 1.807) is 30.8 Å². The van der Waals surface area contributed by atoms with E-state index in [4.69, 9.17) is 82.3 Å². The maximum absolute atomic E-state index is 12.2. The maximum Gasteiger partial charge on any atom is 0.416 e. The van der Waals surface area contributed by atoms with Gasteiger partial charge in [-0.05, 0) is 165 Å². The van der Waals surface area contributed by atoms with Gasteiger partial charge in [-0.15, -0.1) is 11.3 Å². The van der Waals surface area contributed by atoms with Gasteiger partial charge in [0.2, 0.25) is 0 Å². The van der Waals surface area contributed by atoms with Crippen LogP contribution in [0.1, 0.15) is 76.8 Å². The number of rotatable bonds is 8. The summed E-state index contributed by atoms with van der Waals surface area (Å²) in [6.07, 6.45) is 7.77. The van der Waals surface area contributed by atoms with Crippen LogP contribution in [0, 0.1) is 6.92 Å². The van der Waals surface area contributed by atoms with Crippen molar-refractivity contribution in [3.63, 3.8) is 0 Å². The SMILES string of the molecule is C1CCNC1.C1COCCN1.NC1CCOCC1.NCC1CCCO1.NCCc1ccncc1.NCc1cc(C(F)(F)F)ccc1Cl.NCc1ccc(Cl)cc1.NCc1ccccc1.NCc1cccs1.[CH2]c1ccc(OC)cc1. The van der Waals surface area contributed by atoms with Crippen molar-refractivity contribution in [2.45, 2.75) is 89.4 Å². The van der Waals surface area contributed by atoms with E-state index < -0.39 is 11.7 Å². The lowest BCUT2D eigenvalue weighted by Gasteiger charge is -2.16. The number of hydrogen-bond acceptors (Lipinski definition) is 15. The lowest BCUT2D eigenvalue weighted by molar-refractivity contribution is -0.137. The molecule has 0 spiro atoms. The van der Waals surface area contributed by atoms with Crippen LogP contribution in [0.15, 0.2) is 139 Å². The number of nitrogens with two attached hydrogens (primary N) is 7. The fourth-order valence-corrected chi connectivity index (χ4v) is 7.51. The van der Waals surface area contributed by atoms with Crippen molar-refractivity contribution in [2.24, 2.45) is 40.1 Å². The summed E-state index contributed by atoms with van der Waals surface area (Å²) >= 11 is 12.9. The summed E-state index contributed by atoms with van der Waals surface area (Å²) in [6.45, 7) is 16.0. The summed E-state index contributed by atoms with van der Waals surface area (Å²) in [4.78, 5) is 5.14. The molecule has 1 atom stereocenters. The Morgan fingerprint density at radius 3 is 1.62 bits per heavy atom. The number of hydrogen-bond donors (Lipinski definition) is 9. The van der Waals surface area contributed by atoms with Gasteiger partial charge in [-0.1, -0.05) is 83.9 Å². The summed E-state index contributed by atoms with van der Waals surface area (Å²) in [5.74, 6) is 0.877. The fourth-order valence-electron chi connectivity index (χ4n) is 6.60. The summed E-state index contributed by atoms with van der Waals surface area (Å²) in [5.41, 5.74) is 41.6. The lowest BCUT2D eigenvalue weighted by Crippen LogP contribution is -2.30. The summed E-state index contributed by atoms with van der Waals surface area (Å²) in [7, 11) is 1.65. The minimum Gasteiger partial charge on any atom is -0.497 e.